The molecule has 0 bridgehead atoms. The summed E-state index contributed by atoms with van der Waals surface area (Å²) >= 11 is 5.85. The third-order valence-corrected chi connectivity index (χ3v) is 4.63. The van der Waals surface area contributed by atoms with E-state index in [9.17, 15) is 24.0 Å². The molecule has 1 amide bonds. The number of ketones is 1. The molecule has 11 heteroatoms. The number of nitrogens with two attached hydrogens (primary N) is 1. The lowest BCUT2D eigenvalue weighted by Gasteiger charge is -2.18. The Morgan fingerprint density at radius 2 is 1.73 bits per heavy atom. The number of nitrogens with zero attached hydrogens (tertiary/aromatic N) is 2. The van der Waals surface area contributed by atoms with E-state index in [-0.39, 0.29) is 18.1 Å². The number of nitrogens with one attached hydrogen (secondary N) is 1. The van der Waals surface area contributed by atoms with Crippen molar-refractivity contribution < 1.29 is 19.1 Å². The second-order valence-corrected chi connectivity index (χ2v) is 7.00. The maximum atomic E-state index is 12.4. The van der Waals surface area contributed by atoms with E-state index in [1.165, 1.54) is 21.0 Å². The van der Waals surface area contributed by atoms with Crippen LogP contribution in [0, 0.1) is 0 Å². The molecule has 1 aromatic heterocycles. The van der Waals surface area contributed by atoms with E-state index in [1.807, 2.05) is 0 Å². The second-order valence-electron chi connectivity index (χ2n) is 6.56. The Morgan fingerprint density at radius 3 is 2.30 bits per heavy atom. The van der Waals surface area contributed by atoms with Crippen LogP contribution in [0.1, 0.15) is 35.3 Å². The zero-order valence-corrected chi connectivity index (χ0v) is 17.4. The average Bonchev–Trinajstić information content (AvgIpc) is 2.69. The highest BCUT2D eigenvalue weighted by Crippen LogP contribution is 2.20. The molecule has 0 spiro atoms. The Bertz CT molecular complexity index is 1100. The largest absolute Gasteiger partial charge is 0.457 e. The zero-order valence-electron chi connectivity index (χ0n) is 16.6. The molecule has 160 valence electrons. The summed E-state index contributed by atoms with van der Waals surface area (Å²) in [7, 11) is 2.51. The molecule has 2 rings (SSSR count). The first kappa shape index (κ1) is 22.9. The van der Waals surface area contributed by atoms with Crippen LogP contribution >= 0.6 is 11.6 Å². The lowest BCUT2D eigenvalue weighted by Crippen LogP contribution is -2.42. The predicted octanol–water partition coefficient (Wildman–Crippen LogP) is 0.313. The number of esters is 1. The lowest BCUT2D eigenvalue weighted by atomic mass is 10.0. The standard InChI is InChI=1S/C19H21ClN4O6/c1-10(25)22-13(11-4-6-12(20)7-5-11)8-15(27)30-9-14(26)16-17(21)23(2)19(29)24(3)18(16)28/h4-7,13H,8-9,21H2,1-3H3,(H,22,25). The van der Waals surface area contributed by atoms with Crippen molar-refractivity contribution >= 4 is 35.1 Å². The van der Waals surface area contributed by atoms with Gasteiger partial charge >= 0.3 is 11.7 Å². The molecule has 0 saturated carbocycles. The molecule has 10 nitrogen and oxygen atoms in total. The van der Waals surface area contributed by atoms with Gasteiger partial charge in [-0.2, -0.15) is 0 Å². The van der Waals surface area contributed by atoms with Crippen molar-refractivity contribution in [1.82, 2.24) is 14.5 Å². The number of carbonyl (C=O) groups excluding carboxylic acids is 3. The molecule has 0 fully saturated rings. The van der Waals surface area contributed by atoms with Crippen molar-refractivity contribution in [2.75, 3.05) is 12.3 Å². The molecule has 1 heterocycles. The van der Waals surface area contributed by atoms with Crippen molar-refractivity contribution in [1.29, 1.82) is 0 Å². The van der Waals surface area contributed by atoms with Gasteiger partial charge in [0.15, 0.2) is 6.61 Å². The van der Waals surface area contributed by atoms with Gasteiger partial charge in [0.05, 0.1) is 12.5 Å². The smallest absolute Gasteiger partial charge is 0.332 e. The normalized spacial score (nSPS) is 11.6. The molecule has 30 heavy (non-hydrogen) atoms. The highest BCUT2D eigenvalue weighted by molar-refractivity contribution is 6.30. The van der Waals surface area contributed by atoms with E-state index in [0.29, 0.717) is 10.6 Å². The van der Waals surface area contributed by atoms with E-state index in [1.54, 1.807) is 24.3 Å². The van der Waals surface area contributed by atoms with Gasteiger partial charge in [-0.1, -0.05) is 23.7 Å². The average molecular weight is 437 g/mol. The minimum Gasteiger partial charge on any atom is -0.457 e. The van der Waals surface area contributed by atoms with Crippen LogP contribution in [0.15, 0.2) is 33.9 Å². The van der Waals surface area contributed by atoms with Crippen LogP contribution in [0.4, 0.5) is 5.82 Å². The summed E-state index contributed by atoms with van der Waals surface area (Å²) in [5.74, 6) is -2.31. The molecular weight excluding hydrogens is 416 g/mol. The summed E-state index contributed by atoms with van der Waals surface area (Å²) in [5.41, 5.74) is 4.32. The van der Waals surface area contributed by atoms with E-state index < -0.39 is 41.2 Å². The van der Waals surface area contributed by atoms with Gasteiger partial charge in [0.1, 0.15) is 11.4 Å². The highest BCUT2D eigenvalue weighted by Gasteiger charge is 2.23. The Morgan fingerprint density at radius 1 is 1.13 bits per heavy atom. The topological polar surface area (TPSA) is 142 Å². The molecule has 0 aliphatic carbocycles. The fourth-order valence-electron chi connectivity index (χ4n) is 2.76. The molecule has 3 N–H and O–H groups in total. The first-order valence-electron chi connectivity index (χ1n) is 8.79. The number of hydrogen-bond donors (Lipinski definition) is 2. The number of carbonyl (C=O) groups is 3. The number of anilines is 1. The summed E-state index contributed by atoms with van der Waals surface area (Å²) in [6, 6.07) is 5.82. The number of hydrogen-bond acceptors (Lipinski definition) is 7. The molecule has 0 saturated heterocycles. The Balaban J connectivity index is 2.13. The van der Waals surface area contributed by atoms with Gasteiger partial charge in [-0.25, -0.2) is 4.79 Å². The predicted molar refractivity (Wildman–Crippen MR) is 109 cm³/mol. The number of nitrogen functional groups attached to an aromatic ring is 1. The fourth-order valence-corrected chi connectivity index (χ4v) is 2.88. The SMILES string of the molecule is CC(=O)NC(CC(=O)OCC(=O)c1c(N)n(C)c(=O)n(C)c1=O)c1ccc(Cl)cc1. The maximum absolute atomic E-state index is 12.4. The van der Waals surface area contributed by atoms with Crippen LogP contribution in [0.2, 0.25) is 5.02 Å². The number of halogens is 1. The molecule has 0 radical (unpaired) electrons. The third kappa shape index (κ3) is 5.15. The summed E-state index contributed by atoms with van der Waals surface area (Å²) in [6.45, 7) is 0.555. The van der Waals surface area contributed by atoms with Gasteiger partial charge in [-0.3, -0.25) is 28.3 Å². The summed E-state index contributed by atoms with van der Waals surface area (Å²) in [5, 5.41) is 3.12. The van der Waals surface area contributed by atoms with Gasteiger partial charge in [-0.05, 0) is 17.7 Å². The van der Waals surface area contributed by atoms with Gasteiger partial charge in [0, 0.05) is 26.0 Å². The van der Waals surface area contributed by atoms with Crippen LogP contribution < -0.4 is 22.3 Å². The van der Waals surface area contributed by atoms with Crippen molar-refractivity contribution in [2.24, 2.45) is 14.1 Å². The van der Waals surface area contributed by atoms with E-state index in [2.05, 4.69) is 5.32 Å². The van der Waals surface area contributed by atoms with Crippen LogP contribution in [0.25, 0.3) is 0 Å². The van der Waals surface area contributed by atoms with Crippen LogP contribution in [-0.2, 0) is 28.4 Å². The number of Topliss-reactive ketones (excluding diaryl/α,β-unsaturated/α-hetero) is 1. The second kappa shape index (κ2) is 9.40. The quantitative estimate of drug-likeness (QED) is 0.469. The van der Waals surface area contributed by atoms with Crippen LogP contribution in [0.5, 0.6) is 0 Å². The summed E-state index contributed by atoms with van der Waals surface area (Å²) < 4.78 is 6.66. The van der Waals surface area contributed by atoms with E-state index >= 15 is 0 Å². The van der Waals surface area contributed by atoms with Crippen molar-refractivity contribution in [3.8, 4) is 0 Å². The van der Waals surface area contributed by atoms with E-state index in [4.69, 9.17) is 22.1 Å². The van der Waals surface area contributed by atoms with Crippen LogP contribution in [0.3, 0.4) is 0 Å². The molecule has 1 atom stereocenters. The fraction of sp³-hybridized carbons (Fsp3) is 0.316. The van der Waals surface area contributed by atoms with E-state index in [0.717, 1.165) is 9.13 Å². The monoisotopic (exact) mass is 436 g/mol. The van der Waals surface area contributed by atoms with Crippen molar-refractivity contribution in [3.63, 3.8) is 0 Å². The maximum Gasteiger partial charge on any atom is 0.332 e. The summed E-state index contributed by atoms with van der Waals surface area (Å²) in [4.78, 5) is 60.2. The number of benzene rings is 1. The first-order chi connectivity index (χ1) is 14.0. The zero-order chi connectivity index (χ0) is 22.6. The van der Waals surface area contributed by atoms with Gasteiger partial charge < -0.3 is 15.8 Å². The number of aromatic nitrogens is 2. The lowest BCUT2D eigenvalue weighted by molar-refractivity contribution is -0.143. The molecule has 0 aliphatic heterocycles. The first-order valence-corrected chi connectivity index (χ1v) is 9.17. The Hall–Kier alpha value is -3.40. The molecule has 0 aliphatic rings. The van der Waals surface area contributed by atoms with Gasteiger partial charge in [0.25, 0.3) is 5.56 Å². The summed E-state index contributed by atoms with van der Waals surface area (Å²) in [6.07, 6.45) is -0.255. The molecule has 2 aromatic rings. The minimum absolute atomic E-state index is 0.255. The number of amides is 1. The van der Waals surface area contributed by atoms with Gasteiger partial charge in [-0.15, -0.1) is 0 Å². The van der Waals surface area contributed by atoms with Crippen LogP contribution in [-0.4, -0.2) is 33.4 Å². The number of rotatable bonds is 7. The molecule has 1 aromatic carbocycles. The number of ether oxygens (including phenoxy) is 1. The molecule has 1 unspecified atom stereocenters. The minimum atomic E-state index is -0.881. The van der Waals surface area contributed by atoms with Gasteiger partial charge in [0.2, 0.25) is 11.7 Å². The van der Waals surface area contributed by atoms with Crippen molar-refractivity contribution in [3.05, 3.63) is 61.3 Å². The molecular formula is C19H21ClN4O6. The Kier molecular flexibility index (Phi) is 7.17. The van der Waals surface area contributed by atoms with Crippen molar-refractivity contribution in [2.45, 2.75) is 19.4 Å². The highest BCUT2D eigenvalue weighted by atomic mass is 35.5. The Labute approximate surface area is 176 Å². The third-order valence-electron chi connectivity index (χ3n) is 4.37.